The first-order chi connectivity index (χ1) is 16.0. The van der Waals surface area contributed by atoms with Crippen LogP contribution in [0, 0.1) is 12.8 Å². The molecule has 6 nitrogen and oxygen atoms in total. The van der Waals surface area contributed by atoms with Crippen molar-refractivity contribution in [1.29, 1.82) is 0 Å². The Kier molecular flexibility index (Phi) is 4.10. The molecule has 0 saturated carbocycles. The van der Waals surface area contributed by atoms with Crippen molar-refractivity contribution < 1.29 is 14.3 Å². The Morgan fingerprint density at radius 3 is 2.79 bits per heavy atom. The number of benzene rings is 1. The molecule has 3 aliphatic heterocycles. The minimum atomic E-state index is -0.0746. The summed E-state index contributed by atoms with van der Waals surface area (Å²) in [4.78, 5) is 21.8. The van der Waals surface area contributed by atoms with E-state index in [1.807, 2.05) is 4.90 Å². The predicted octanol–water partition coefficient (Wildman–Crippen LogP) is 3.76. The molecule has 33 heavy (non-hydrogen) atoms. The third-order valence-electron chi connectivity index (χ3n) is 9.55. The summed E-state index contributed by atoms with van der Waals surface area (Å²) in [5, 5.41) is 0. The lowest BCUT2D eigenvalue weighted by Gasteiger charge is -2.57. The minimum absolute atomic E-state index is 0.0373. The van der Waals surface area contributed by atoms with Gasteiger partial charge in [0, 0.05) is 30.1 Å². The number of aromatic nitrogens is 1. The molecular formula is C27H33N3O3. The molecule has 1 spiro atoms. The maximum absolute atomic E-state index is 13.5. The highest BCUT2D eigenvalue weighted by atomic mass is 16.5. The first kappa shape index (κ1) is 20.0. The lowest BCUT2D eigenvalue weighted by Crippen LogP contribution is -2.62. The van der Waals surface area contributed by atoms with Gasteiger partial charge in [-0.3, -0.25) is 4.79 Å². The molecule has 2 fully saturated rings. The monoisotopic (exact) mass is 447 g/mol. The van der Waals surface area contributed by atoms with Crippen LogP contribution >= 0.6 is 0 Å². The predicted molar refractivity (Wildman–Crippen MR) is 125 cm³/mol. The van der Waals surface area contributed by atoms with Gasteiger partial charge in [0.25, 0.3) is 5.91 Å². The number of methoxy groups -OCH3 is 1. The van der Waals surface area contributed by atoms with Gasteiger partial charge >= 0.3 is 0 Å². The number of carbonyl (C=O) groups is 1. The van der Waals surface area contributed by atoms with Crippen molar-refractivity contribution in [3.05, 3.63) is 45.8 Å². The molecule has 4 atom stereocenters. The van der Waals surface area contributed by atoms with E-state index in [-0.39, 0.29) is 17.4 Å². The molecule has 2 aliphatic carbocycles. The number of likely N-dealkylation sites (N-methyl/N-ethyl adjacent to an activating group) is 1. The highest BCUT2D eigenvalue weighted by molar-refractivity contribution is 5.94. The van der Waals surface area contributed by atoms with E-state index in [2.05, 4.69) is 36.0 Å². The summed E-state index contributed by atoms with van der Waals surface area (Å²) in [6.45, 7) is 4.95. The molecule has 1 aromatic heterocycles. The Bertz CT molecular complexity index is 1160. The van der Waals surface area contributed by atoms with Crippen LogP contribution in [0.4, 0.5) is 0 Å². The van der Waals surface area contributed by atoms with E-state index in [1.54, 1.807) is 7.11 Å². The van der Waals surface area contributed by atoms with Crippen LogP contribution in [-0.4, -0.2) is 60.5 Å². The second kappa shape index (κ2) is 6.78. The van der Waals surface area contributed by atoms with E-state index < -0.39 is 0 Å². The normalized spacial score (nSPS) is 31.6. The molecule has 1 aromatic carbocycles. The number of carbonyl (C=O) groups excluding carboxylic acids is 1. The van der Waals surface area contributed by atoms with Gasteiger partial charge in [0.2, 0.25) is 0 Å². The van der Waals surface area contributed by atoms with E-state index in [1.165, 1.54) is 23.1 Å². The van der Waals surface area contributed by atoms with E-state index in [4.69, 9.17) is 9.47 Å². The molecule has 0 unspecified atom stereocenters. The number of nitrogens with one attached hydrogen (secondary N) is 1. The number of rotatable bonds is 2. The fraction of sp³-hybridized carbons (Fsp3) is 0.593. The van der Waals surface area contributed by atoms with Crippen molar-refractivity contribution in [2.75, 3.05) is 33.8 Å². The Morgan fingerprint density at radius 1 is 1.18 bits per heavy atom. The number of amides is 1. The molecule has 2 aromatic rings. The number of H-pyrrole nitrogens is 1. The highest BCUT2D eigenvalue weighted by Crippen LogP contribution is 2.67. The molecule has 2 bridgehead atoms. The fourth-order valence-electron chi connectivity index (χ4n) is 7.91. The second-order valence-electron chi connectivity index (χ2n) is 10.9. The van der Waals surface area contributed by atoms with Crippen molar-refractivity contribution >= 4 is 5.91 Å². The maximum Gasteiger partial charge on any atom is 0.270 e. The van der Waals surface area contributed by atoms with Gasteiger partial charge in [-0.1, -0.05) is 6.07 Å². The fourth-order valence-corrected chi connectivity index (χ4v) is 7.91. The van der Waals surface area contributed by atoms with Crippen LogP contribution in [0.25, 0.3) is 0 Å². The first-order valence-corrected chi connectivity index (χ1v) is 12.6. The summed E-state index contributed by atoms with van der Waals surface area (Å²) in [5.41, 5.74) is 7.14. The first-order valence-electron chi connectivity index (χ1n) is 12.6. The molecule has 174 valence electrons. The van der Waals surface area contributed by atoms with Crippen LogP contribution < -0.4 is 9.47 Å². The number of nitrogens with zero attached hydrogens (tertiary/aromatic N) is 2. The third kappa shape index (κ3) is 2.40. The summed E-state index contributed by atoms with van der Waals surface area (Å²) in [7, 11) is 4.02. The van der Waals surface area contributed by atoms with Crippen LogP contribution in [0.15, 0.2) is 12.1 Å². The zero-order valence-corrected chi connectivity index (χ0v) is 19.9. The number of hydrogen-bond acceptors (Lipinski definition) is 4. The third-order valence-corrected chi connectivity index (χ3v) is 9.55. The van der Waals surface area contributed by atoms with Gasteiger partial charge in [0.05, 0.1) is 12.8 Å². The highest BCUT2D eigenvalue weighted by Gasteiger charge is 2.65. The molecule has 1 amide bonds. The molecule has 5 aliphatic rings. The molecule has 6 heteroatoms. The average molecular weight is 448 g/mol. The Morgan fingerprint density at radius 2 is 2.00 bits per heavy atom. The number of piperidine rings is 2. The van der Waals surface area contributed by atoms with Crippen molar-refractivity contribution in [1.82, 2.24) is 14.8 Å². The minimum Gasteiger partial charge on any atom is -0.493 e. The van der Waals surface area contributed by atoms with Crippen molar-refractivity contribution in [3.8, 4) is 11.5 Å². The van der Waals surface area contributed by atoms with Gasteiger partial charge in [-0.25, -0.2) is 0 Å². The maximum atomic E-state index is 13.5. The molecule has 7 rings (SSSR count). The summed E-state index contributed by atoms with van der Waals surface area (Å²) in [5.74, 6) is 2.43. The van der Waals surface area contributed by atoms with Crippen LogP contribution in [0.1, 0.15) is 70.2 Å². The van der Waals surface area contributed by atoms with E-state index >= 15 is 0 Å². The quantitative estimate of drug-likeness (QED) is 0.762. The largest absolute Gasteiger partial charge is 0.493 e. The number of hydrogen-bond donors (Lipinski definition) is 1. The van der Waals surface area contributed by atoms with Gasteiger partial charge < -0.3 is 24.3 Å². The topological polar surface area (TPSA) is 57.8 Å². The lowest BCUT2D eigenvalue weighted by atomic mass is 9.51. The lowest BCUT2D eigenvalue weighted by molar-refractivity contribution is -0.0256. The van der Waals surface area contributed by atoms with Gasteiger partial charge in [-0.15, -0.1) is 0 Å². The summed E-state index contributed by atoms with van der Waals surface area (Å²) in [6, 6.07) is 4.83. The smallest absolute Gasteiger partial charge is 0.270 e. The molecule has 1 N–H and O–H groups in total. The zero-order chi connectivity index (χ0) is 22.5. The summed E-state index contributed by atoms with van der Waals surface area (Å²) in [6.07, 6.45) is 6.51. The van der Waals surface area contributed by atoms with E-state index in [0.717, 1.165) is 80.2 Å². The van der Waals surface area contributed by atoms with Crippen LogP contribution in [0.5, 0.6) is 11.5 Å². The van der Waals surface area contributed by atoms with Crippen molar-refractivity contribution in [3.63, 3.8) is 0 Å². The summed E-state index contributed by atoms with van der Waals surface area (Å²) >= 11 is 0. The van der Waals surface area contributed by atoms with Gasteiger partial charge in [0.1, 0.15) is 11.8 Å². The standard InChI is InChI=1S/C27H33N3O3/c1-15-17-14-18-19-13-16-7-8-20(32-3)24-21(16)27(18,9-12-29(19)2)25(33-24)23(17)28-22(15)26(31)30-10-5-4-6-11-30/h7-8,18-19,25,28H,4-6,9-14H2,1-3H3/t18-,19+,25-,27-/m0/s1. The number of fused-ring (bicyclic) bond motifs is 2. The molecule has 2 saturated heterocycles. The number of likely N-dealkylation sites (tertiary alicyclic amines) is 2. The van der Waals surface area contributed by atoms with Gasteiger partial charge in [-0.05, 0) is 87.7 Å². The van der Waals surface area contributed by atoms with E-state index in [0.29, 0.717) is 12.0 Å². The van der Waals surface area contributed by atoms with Gasteiger partial charge in [-0.2, -0.15) is 0 Å². The van der Waals surface area contributed by atoms with Crippen molar-refractivity contribution in [2.24, 2.45) is 5.92 Å². The zero-order valence-electron chi connectivity index (χ0n) is 19.9. The SMILES string of the molecule is COc1ccc2c3c1O[C@H]1c4[nH]c(C(=O)N5CCCCC5)c(C)c4C[C@H]4[C@@H](C2)N(C)CC[C@]314. The molecular weight excluding hydrogens is 414 g/mol. The molecule has 4 heterocycles. The second-order valence-corrected chi connectivity index (χ2v) is 10.9. The number of aromatic amines is 1. The van der Waals surface area contributed by atoms with Crippen molar-refractivity contribution in [2.45, 2.75) is 63.0 Å². The average Bonchev–Trinajstić information content (AvgIpc) is 3.36. The van der Waals surface area contributed by atoms with Gasteiger partial charge in [0.15, 0.2) is 11.5 Å². The number of ether oxygens (including phenoxy) is 2. The summed E-state index contributed by atoms with van der Waals surface area (Å²) < 4.78 is 12.6. The van der Waals surface area contributed by atoms with E-state index in [9.17, 15) is 4.79 Å². The Hall–Kier alpha value is -2.47. The Labute approximate surface area is 195 Å². The van der Waals surface area contributed by atoms with Crippen LogP contribution in [-0.2, 0) is 18.3 Å². The Balaban J connectivity index is 1.40. The molecule has 0 radical (unpaired) electrons. The van der Waals surface area contributed by atoms with Crippen LogP contribution in [0.3, 0.4) is 0 Å². The van der Waals surface area contributed by atoms with Crippen LogP contribution in [0.2, 0.25) is 0 Å².